The van der Waals surface area contributed by atoms with E-state index < -0.39 is 0 Å². The molecule has 0 aliphatic heterocycles. The van der Waals surface area contributed by atoms with Crippen LogP contribution in [0.4, 0.5) is 5.00 Å². The molecule has 3 rings (SSSR count). The number of carbonyl (C=O) groups excluding carboxylic acids is 1. The van der Waals surface area contributed by atoms with Gasteiger partial charge in [0.1, 0.15) is 16.9 Å². The number of hydrogen-bond donors (Lipinski definition) is 1. The summed E-state index contributed by atoms with van der Waals surface area (Å²) in [6.07, 6.45) is 7.50. The maximum Gasteiger partial charge on any atom is 0.235 e. The fourth-order valence-corrected chi connectivity index (χ4v) is 5.18. The summed E-state index contributed by atoms with van der Waals surface area (Å²) in [5, 5.41) is 22.2. The molecule has 0 atom stereocenters. The van der Waals surface area contributed by atoms with Gasteiger partial charge in [-0.1, -0.05) is 31.5 Å². The molecular weight excluding hydrogens is 366 g/mol. The number of fused-ring (bicyclic) bond motifs is 1. The zero-order valence-corrected chi connectivity index (χ0v) is 16.8. The number of thioether (sulfide) groups is 1. The second kappa shape index (κ2) is 8.69. The normalized spacial score (nSPS) is 14.2. The van der Waals surface area contributed by atoms with Gasteiger partial charge in [-0.2, -0.15) is 5.26 Å². The number of nitriles is 1. The van der Waals surface area contributed by atoms with Gasteiger partial charge in [-0.25, -0.2) is 0 Å². The molecule has 0 unspecified atom stereocenters. The lowest BCUT2D eigenvalue weighted by Gasteiger charge is -2.08. The maximum atomic E-state index is 12.4. The SMILES string of the molecule is CCc1nnc(SCC(=O)Nc2sc3c(c2C#N)CCCCCC3)n1C. The molecule has 2 aromatic heterocycles. The Morgan fingerprint density at radius 1 is 1.31 bits per heavy atom. The van der Waals surface area contributed by atoms with E-state index in [9.17, 15) is 10.1 Å². The van der Waals surface area contributed by atoms with Gasteiger partial charge < -0.3 is 9.88 Å². The summed E-state index contributed by atoms with van der Waals surface area (Å²) >= 11 is 2.94. The minimum absolute atomic E-state index is 0.109. The van der Waals surface area contributed by atoms with E-state index in [1.807, 2.05) is 18.5 Å². The van der Waals surface area contributed by atoms with E-state index in [0.717, 1.165) is 48.6 Å². The maximum absolute atomic E-state index is 12.4. The summed E-state index contributed by atoms with van der Waals surface area (Å²) in [5.41, 5.74) is 1.82. The van der Waals surface area contributed by atoms with Crippen LogP contribution in [0.15, 0.2) is 5.16 Å². The molecule has 1 aliphatic rings. The van der Waals surface area contributed by atoms with Crippen LogP contribution in [0.2, 0.25) is 0 Å². The summed E-state index contributed by atoms with van der Waals surface area (Å²) < 4.78 is 1.91. The minimum Gasteiger partial charge on any atom is -0.316 e. The van der Waals surface area contributed by atoms with Crippen LogP contribution in [-0.2, 0) is 31.1 Å². The smallest absolute Gasteiger partial charge is 0.235 e. The Labute approximate surface area is 162 Å². The van der Waals surface area contributed by atoms with Crippen molar-refractivity contribution in [1.82, 2.24) is 14.8 Å². The van der Waals surface area contributed by atoms with E-state index in [2.05, 4.69) is 21.6 Å². The van der Waals surface area contributed by atoms with Crippen LogP contribution in [0.5, 0.6) is 0 Å². The molecule has 1 amide bonds. The van der Waals surface area contributed by atoms with Crippen molar-refractivity contribution in [2.24, 2.45) is 7.05 Å². The Hall–Kier alpha value is -1.85. The van der Waals surface area contributed by atoms with Crippen LogP contribution in [0.3, 0.4) is 0 Å². The molecule has 138 valence electrons. The van der Waals surface area contributed by atoms with Crippen molar-refractivity contribution in [3.63, 3.8) is 0 Å². The number of nitrogens with zero attached hydrogens (tertiary/aromatic N) is 4. The molecule has 2 heterocycles. The molecular formula is C18H23N5OS2. The van der Waals surface area contributed by atoms with Crippen molar-refractivity contribution in [3.8, 4) is 6.07 Å². The lowest BCUT2D eigenvalue weighted by atomic mass is 9.97. The first kappa shape index (κ1) is 18.9. The Bertz CT molecular complexity index is 833. The number of carbonyl (C=O) groups is 1. The van der Waals surface area contributed by atoms with Gasteiger partial charge >= 0.3 is 0 Å². The summed E-state index contributed by atoms with van der Waals surface area (Å²) in [4.78, 5) is 13.7. The van der Waals surface area contributed by atoms with Crippen LogP contribution < -0.4 is 5.32 Å². The van der Waals surface area contributed by atoms with Crippen LogP contribution in [-0.4, -0.2) is 26.4 Å². The molecule has 0 saturated carbocycles. The lowest BCUT2D eigenvalue weighted by molar-refractivity contribution is -0.113. The molecule has 1 aliphatic carbocycles. The number of rotatable bonds is 5. The zero-order valence-electron chi connectivity index (χ0n) is 15.2. The molecule has 0 saturated heterocycles. The van der Waals surface area contributed by atoms with Gasteiger partial charge in [0.25, 0.3) is 0 Å². The van der Waals surface area contributed by atoms with Gasteiger partial charge in [0.15, 0.2) is 5.16 Å². The third kappa shape index (κ3) is 4.10. The predicted molar refractivity (Wildman–Crippen MR) is 105 cm³/mol. The van der Waals surface area contributed by atoms with E-state index in [0.29, 0.717) is 10.6 Å². The molecule has 0 aromatic carbocycles. The number of thiophene rings is 1. The van der Waals surface area contributed by atoms with E-state index in [4.69, 9.17) is 0 Å². The number of nitrogens with one attached hydrogen (secondary N) is 1. The molecule has 2 aromatic rings. The monoisotopic (exact) mass is 389 g/mol. The van der Waals surface area contributed by atoms with Crippen LogP contribution in [0.1, 0.15) is 54.4 Å². The minimum atomic E-state index is -0.109. The molecule has 8 heteroatoms. The average molecular weight is 390 g/mol. The molecule has 0 radical (unpaired) electrons. The van der Waals surface area contributed by atoms with E-state index in [-0.39, 0.29) is 11.7 Å². The second-order valence-corrected chi connectivity index (χ2v) is 8.43. The predicted octanol–water partition coefficient (Wildman–Crippen LogP) is 3.70. The number of aromatic nitrogens is 3. The highest BCUT2D eigenvalue weighted by Crippen LogP contribution is 2.36. The first-order chi connectivity index (χ1) is 12.6. The molecule has 0 spiro atoms. The third-order valence-electron chi connectivity index (χ3n) is 4.61. The molecule has 1 N–H and O–H groups in total. The van der Waals surface area contributed by atoms with Gasteiger partial charge in [0, 0.05) is 18.3 Å². The van der Waals surface area contributed by atoms with Crippen LogP contribution >= 0.6 is 23.1 Å². The number of amides is 1. The van der Waals surface area contributed by atoms with Crippen molar-refractivity contribution in [2.45, 2.75) is 57.0 Å². The molecule has 6 nitrogen and oxygen atoms in total. The Morgan fingerprint density at radius 3 is 2.77 bits per heavy atom. The number of hydrogen-bond acceptors (Lipinski definition) is 6. The van der Waals surface area contributed by atoms with Gasteiger partial charge in [-0.3, -0.25) is 4.79 Å². The van der Waals surface area contributed by atoms with Crippen LogP contribution in [0, 0.1) is 11.3 Å². The van der Waals surface area contributed by atoms with Crippen LogP contribution in [0.25, 0.3) is 0 Å². The molecule has 26 heavy (non-hydrogen) atoms. The van der Waals surface area contributed by atoms with Gasteiger partial charge in [0.2, 0.25) is 5.91 Å². The van der Waals surface area contributed by atoms with Crippen molar-refractivity contribution in [3.05, 3.63) is 21.8 Å². The Balaban J connectivity index is 1.68. The highest BCUT2D eigenvalue weighted by Gasteiger charge is 2.20. The van der Waals surface area contributed by atoms with E-state index in [1.165, 1.54) is 29.5 Å². The first-order valence-electron chi connectivity index (χ1n) is 8.99. The quantitative estimate of drug-likeness (QED) is 0.788. The van der Waals surface area contributed by atoms with Crippen molar-refractivity contribution in [1.29, 1.82) is 5.26 Å². The summed E-state index contributed by atoms with van der Waals surface area (Å²) in [7, 11) is 1.91. The van der Waals surface area contributed by atoms with Gasteiger partial charge in [0.05, 0.1) is 11.3 Å². The second-order valence-electron chi connectivity index (χ2n) is 6.38. The highest BCUT2D eigenvalue weighted by molar-refractivity contribution is 7.99. The lowest BCUT2D eigenvalue weighted by Crippen LogP contribution is -2.14. The standard InChI is InChI=1S/C18H23N5OS2/c1-3-15-21-22-18(23(15)2)25-11-16(24)20-17-13(10-19)12-8-6-4-5-7-9-14(12)26-17/h3-9,11H2,1-2H3,(H,20,24). The van der Waals surface area contributed by atoms with E-state index in [1.54, 1.807) is 11.3 Å². The van der Waals surface area contributed by atoms with Gasteiger partial charge in [-0.05, 0) is 31.2 Å². The number of aryl methyl sites for hydroxylation is 2. The van der Waals surface area contributed by atoms with Crippen molar-refractivity contribution in [2.75, 3.05) is 11.1 Å². The van der Waals surface area contributed by atoms with Crippen molar-refractivity contribution < 1.29 is 4.79 Å². The van der Waals surface area contributed by atoms with Gasteiger partial charge in [-0.15, -0.1) is 21.5 Å². The third-order valence-corrected chi connectivity index (χ3v) is 6.84. The highest BCUT2D eigenvalue weighted by atomic mass is 32.2. The Kier molecular flexibility index (Phi) is 6.33. The van der Waals surface area contributed by atoms with E-state index >= 15 is 0 Å². The summed E-state index contributed by atoms with van der Waals surface area (Å²) in [5.74, 6) is 1.04. The summed E-state index contributed by atoms with van der Waals surface area (Å²) in [6.45, 7) is 2.03. The Morgan fingerprint density at radius 2 is 2.08 bits per heavy atom. The average Bonchev–Trinajstić information content (AvgIpc) is 3.12. The topological polar surface area (TPSA) is 83.6 Å². The van der Waals surface area contributed by atoms with Crippen molar-refractivity contribution >= 4 is 34.0 Å². The fourth-order valence-electron chi connectivity index (χ4n) is 3.20. The summed E-state index contributed by atoms with van der Waals surface area (Å²) in [6, 6.07) is 2.31. The molecule has 0 fully saturated rings. The fraction of sp³-hybridized carbons (Fsp3) is 0.556. The zero-order chi connectivity index (χ0) is 18.5. The number of anilines is 1. The molecule has 0 bridgehead atoms. The largest absolute Gasteiger partial charge is 0.316 e. The first-order valence-corrected chi connectivity index (χ1v) is 10.8.